The first kappa shape index (κ1) is 19.6. The molecule has 0 aliphatic heterocycles. The number of aryl methyl sites for hydroxylation is 1. The standard InChI is InChI=1S/C20H16ClN3O3S2/c1-13-6-8-16(9-7-13)24(2)29(25,26)17-10-11-28-18(17)20-22-19(23-27-20)14-4-3-5-15(21)12-14/h3-12H,1-2H3. The second-order valence-corrected chi connectivity index (χ2v) is 9.65. The molecular formula is C20H16ClN3O3S2. The zero-order valence-electron chi connectivity index (χ0n) is 15.5. The van der Waals surface area contributed by atoms with E-state index in [2.05, 4.69) is 10.1 Å². The van der Waals surface area contributed by atoms with Gasteiger partial charge >= 0.3 is 0 Å². The maximum Gasteiger partial charge on any atom is 0.269 e. The largest absolute Gasteiger partial charge is 0.333 e. The zero-order valence-corrected chi connectivity index (χ0v) is 17.9. The number of aromatic nitrogens is 2. The minimum Gasteiger partial charge on any atom is -0.333 e. The minimum absolute atomic E-state index is 0.117. The molecule has 0 N–H and O–H groups in total. The van der Waals surface area contributed by atoms with Gasteiger partial charge in [-0.2, -0.15) is 4.98 Å². The molecule has 4 aromatic rings. The summed E-state index contributed by atoms with van der Waals surface area (Å²) >= 11 is 7.25. The van der Waals surface area contributed by atoms with Crippen LogP contribution in [0.15, 0.2) is 69.4 Å². The Morgan fingerprint density at radius 2 is 1.86 bits per heavy atom. The zero-order chi connectivity index (χ0) is 20.6. The van der Waals surface area contributed by atoms with Gasteiger partial charge in [-0.15, -0.1) is 11.3 Å². The second-order valence-electron chi connectivity index (χ2n) is 6.36. The molecule has 2 aromatic carbocycles. The molecule has 0 aliphatic carbocycles. The maximum atomic E-state index is 13.2. The molecular weight excluding hydrogens is 430 g/mol. The molecule has 0 aliphatic rings. The number of rotatable bonds is 5. The van der Waals surface area contributed by atoms with E-state index in [1.165, 1.54) is 22.7 Å². The molecule has 0 saturated carbocycles. The molecule has 0 atom stereocenters. The summed E-state index contributed by atoms with van der Waals surface area (Å²) in [6, 6.07) is 15.9. The fourth-order valence-corrected chi connectivity index (χ4v) is 5.46. The Kier molecular flexibility index (Phi) is 5.16. The molecule has 0 fully saturated rings. The Bertz CT molecular complexity index is 1260. The summed E-state index contributed by atoms with van der Waals surface area (Å²) in [7, 11) is -2.29. The van der Waals surface area contributed by atoms with E-state index in [0.717, 1.165) is 5.56 Å². The number of benzene rings is 2. The molecule has 0 amide bonds. The number of hydrogen-bond acceptors (Lipinski definition) is 6. The second kappa shape index (κ2) is 7.62. The fourth-order valence-electron chi connectivity index (χ4n) is 2.76. The van der Waals surface area contributed by atoms with Crippen molar-refractivity contribution in [1.82, 2.24) is 10.1 Å². The van der Waals surface area contributed by atoms with Crippen LogP contribution >= 0.6 is 22.9 Å². The van der Waals surface area contributed by atoms with E-state index < -0.39 is 10.0 Å². The van der Waals surface area contributed by atoms with Crippen LogP contribution in [0.2, 0.25) is 5.02 Å². The van der Waals surface area contributed by atoms with Crippen molar-refractivity contribution in [3.63, 3.8) is 0 Å². The summed E-state index contributed by atoms with van der Waals surface area (Å²) in [6.45, 7) is 1.95. The van der Waals surface area contributed by atoms with E-state index in [1.807, 2.05) is 19.1 Å². The van der Waals surface area contributed by atoms with E-state index in [0.29, 0.717) is 27.0 Å². The summed E-state index contributed by atoms with van der Waals surface area (Å²) < 4.78 is 33.0. The van der Waals surface area contributed by atoms with Crippen LogP contribution in [-0.4, -0.2) is 25.6 Å². The predicted octanol–water partition coefficient (Wildman–Crippen LogP) is 5.25. The van der Waals surface area contributed by atoms with Crippen molar-refractivity contribution < 1.29 is 12.9 Å². The van der Waals surface area contributed by atoms with Gasteiger partial charge in [0.25, 0.3) is 15.9 Å². The van der Waals surface area contributed by atoms with Crippen LogP contribution in [0.5, 0.6) is 0 Å². The van der Waals surface area contributed by atoms with Crippen LogP contribution in [0.3, 0.4) is 0 Å². The van der Waals surface area contributed by atoms with E-state index in [-0.39, 0.29) is 10.8 Å². The monoisotopic (exact) mass is 445 g/mol. The highest BCUT2D eigenvalue weighted by Crippen LogP contribution is 2.35. The van der Waals surface area contributed by atoms with Crippen molar-refractivity contribution in [1.29, 1.82) is 0 Å². The number of sulfonamides is 1. The Hall–Kier alpha value is -2.68. The number of nitrogens with zero attached hydrogens (tertiary/aromatic N) is 3. The van der Waals surface area contributed by atoms with Crippen molar-refractivity contribution in [2.24, 2.45) is 0 Å². The van der Waals surface area contributed by atoms with Crippen LogP contribution in [0.4, 0.5) is 5.69 Å². The van der Waals surface area contributed by atoms with Crippen molar-refractivity contribution in [3.8, 4) is 22.2 Å². The molecule has 0 spiro atoms. The Labute approximate surface area is 177 Å². The number of hydrogen-bond donors (Lipinski definition) is 0. The summed E-state index contributed by atoms with van der Waals surface area (Å²) in [5.41, 5.74) is 2.30. The highest BCUT2D eigenvalue weighted by molar-refractivity contribution is 7.93. The molecule has 0 radical (unpaired) electrons. The molecule has 0 unspecified atom stereocenters. The van der Waals surface area contributed by atoms with Gasteiger partial charge < -0.3 is 4.52 Å². The minimum atomic E-state index is -3.81. The van der Waals surface area contributed by atoms with Gasteiger partial charge in [0.2, 0.25) is 5.82 Å². The van der Waals surface area contributed by atoms with Crippen molar-refractivity contribution in [2.75, 3.05) is 11.4 Å². The lowest BCUT2D eigenvalue weighted by atomic mass is 10.2. The highest BCUT2D eigenvalue weighted by Gasteiger charge is 2.28. The van der Waals surface area contributed by atoms with Crippen molar-refractivity contribution >= 4 is 38.6 Å². The summed E-state index contributed by atoms with van der Waals surface area (Å²) in [5.74, 6) is 0.483. The van der Waals surface area contributed by atoms with Crippen molar-refractivity contribution in [3.05, 3.63) is 70.6 Å². The Balaban J connectivity index is 1.71. The smallest absolute Gasteiger partial charge is 0.269 e. The van der Waals surface area contributed by atoms with Crippen LogP contribution in [0.25, 0.3) is 22.2 Å². The normalized spacial score (nSPS) is 11.6. The van der Waals surface area contributed by atoms with Crippen LogP contribution in [0, 0.1) is 6.92 Å². The predicted molar refractivity (Wildman–Crippen MR) is 115 cm³/mol. The number of anilines is 1. The topological polar surface area (TPSA) is 76.3 Å². The number of thiophene rings is 1. The molecule has 2 heterocycles. The lowest BCUT2D eigenvalue weighted by molar-refractivity contribution is 0.432. The summed E-state index contributed by atoms with van der Waals surface area (Å²) in [6.07, 6.45) is 0. The molecule has 2 aromatic heterocycles. The van der Waals surface area contributed by atoms with Gasteiger partial charge in [0.05, 0.1) is 5.69 Å². The average molecular weight is 446 g/mol. The van der Waals surface area contributed by atoms with Crippen LogP contribution in [-0.2, 0) is 10.0 Å². The maximum absolute atomic E-state index is 13.2. The summed E-state index contributed by atoms with van der Waals surface area (Å²) in [5, 5.41) is 6.21. The first-order chi connectivity index (χ1) is 13.9. The molecule has 0 bridgehead atoms. The van der Waals surface area contributed by atoms with E-state index in [1.54, 1.807) is 47.8 Å². The molecule has 9 heteroatoms. The third-order valence-electron chi connectivity index (χ3n) is 4.37. The van der Waals surface area contributed by atoms with Crippen molar-refractivity contribution in [2.45, 2.75) is 11.8 Å². The van der Waals surface area contributed by atoms with E-state index in [4.69, 9.17) is 16.1 Å². The van der Waals surface area contributed by atoms with Gasteiger partial charge in [-0.1, -0.05) is 46.6 Å². The molecule has 4 rings (SSSR count). The highest BCUT2D eigenvalue weighted by atomic mass is 35.5. The third-order valence-corrected chi connectivity index (χ3v) is 7.46. The van der Waals surface area contributed by atoms with Gasteiger partial charge in [-0.3, -0.25) is 4.31 Å². The van der Waals surface area contributed by atoms with Gasteiger partial charge in [-0.05, 0) is 42.6 Å². The SMILES string of the molecule is Cc1ccc(N(C)S(=O)(=O)c2ccsc2-c2nc(-c3cccc(Cl)c3)no2)cc1. The lowest BCUT2D eigenvalue weighted by Crippen LogP contribution is -2.26. The van der Waals surface area contributed by atoms with Crippen LogP contribution in [0.1, 0.15) is 5.56 Å². The Morgan fingerprint density at radius 3 is 2.59 bits per heavy atom. The molecule has 29 heavy (non-hydrogen) atoms. The van der Waals surface area contributed by atoms with Gasteiger partial charge in [0.15, 0.2) is 0 Å². The molecule has 0 saturated heterocycles. The van der Waals surface area contributed by atoms with Gasteiger partial charge in [-0.25, -0.2) is 8.42 Å². The molecule has 6 nitrogen and oxygen atoms in total. The van der Waals surface area contributed by atoms with Crippen LogP contribution < -0.4 is 4.31 Å². The van der Waals surface area contributed by atoms with Gasteiger partial charge in [0, 0.05) is 17.6 Å². The quantitative estimate of drug-likeness (QED) is 0.419. The van der Waals surface area contributed by atoms with E-state index >= 15 is 0 Å². The fraction of sp³-hybridized carbons (Fsp3) is 0.100. The average Bonchev–Trinajstić information content (AvgIpc) is 3.37. The lowest BCUT2D eigenvalue weighted by Gasteiger charge is -2.19. The first-order valence-corrected chi connectivity index (χ1v) is 11.3. The first-order valence-electron chi connectivity index (χ1n) is 8.59. The summed E-state index contributed by atoms with van der Waals surface area (Å²) in [4.78, 5) is 4.88. The number of halogens is 1. The van der Waals surface area contributed by atoms with Gasteiger partial charge in [0.1, 0.15) is 9.77 Å². The molecule has 148 valence electrons. The van der Waals surface area contributed by atoms with E-state index in [9.17, 15) is 8.42 Å². The Morgan fingerprint density at radius 1 is 1.10 bits per heavy atom. The third kappa shape index (κ3) is 3.78.